The Labute approximate surface area is 83.3 Å². The van der Waals surface area contributed by atoms with Gasteiger partial charge in [0, 0.05) is 13.1 Å². The van der Waals surface area contributed by atoms with E-state index in [9.17, 15) is 0 Å². The van der Waals surface area contributed by atoms with Crippen molar-refractivity contribution in [1.82, 2.24) is 10.2 Å². The number of aromatic nitrogens is 2. The van der Waals surface area contributed by atoms with Crippen LogP contribution >= 0.6 is 0 Å². The molecular weight excluding hydrogens is 180 g/mol. The molecule has 0 spiro atoms. The van der Waals surface area contributed by atoms with E-state index in [2.05, 4.69) is 22.0 Å². The van der Waals surface area contributed by atoms with Crippen LogP contribution in [0, 0.1) is 5.92 Å². The normalized spacial score (nSPS) is 23.5. The molecule has 0 aliphatic carbocycles. The molecule has 1 unspecified atom stereocenters. The van der Waals surface area contributed by atoms with Crippen LogP contribution in [0.25, 0.3) is 0 Å². The molecule has 1 aromatic rings. The first-order valence-electron chi connectivity index (χ1n) is 5.09. The van der Waals surface area contributed by atoms with Crippen LogP contribution in [-0.4, -0.2) is 23.3 Å². The third-order valence-electron chi connectivity index (χ3n) is 2.72. The van der Waals surface area contributed by atoms with Crippen LogP contribution in [0.3, 0.4) is 0 Å². The fourth-order valence-electron chi connectivity index (χ4n) is 1.81. The fourth-order valence-corrected chi connectivity index (χ4v) is 1.81. The SMILES string of the molecule is CC1CCCN(c2nnc(N)o2)CC1. The van der Waals surface area contributed by atoms with Crippen molar-refractivity contribution >= 4 is 12.0 Å². The Kier molecular flexibility index (Phi) is 2.56. The minimum atomic E-state index is 0.150. The molecule has 2 heterocycles. The van der Waals surface area contributed by atoms with Crippen molar-refractivity contribution < 1.29 is 4.42 Å². The summed E-state index contributed by atoms with van der Waals surface area (Å²) in [5.74, 6) is 0.792. The van der Waals surface area contributed by atoms with Gasteiger partial charge in [0.2, 0.25) is 0 Å². The summed E-state index contributed by atoms with van der Waals surface area (Å²) in [5.41, 5.74) is 5.38. The molecule has 1 aliphatic rings. The van der Waals surface area contributed by atoms with Crippen LogP contribution in [0.15, 0.2) is 4.42 Å². The van der Waals surface area contributed by atoms with E-state index in [1.165, 1.54) is 19.3 Å². The standard InChI is InChI=1S/C9H16N4O/c1-7-3-2-5-13(6-4-7)9-12-11-8(10)14-9/h7H,2-6H2,1H3,(H2,10,11). The molecule has 1 aromatic heterocycles. The Balaban J connectivity index is 2.04. The van der Waals surface area contributed by atoms with Crippen LogP contribution in [0.1, 0.15) is 26.2 Å². The highest BCUT2D eigenvalue weighted by atomic mass is 16.4. The van der Waals surface area contributed by atoms with E-state index in [4.69, 9.17) is 10.2 Å². The highest BCUT2D eigenvalue weighted by Gasteiger charge is 2.17. The molecule has 2 rings (SSSR count). The van der Waals surface area contributed by atoms with Crippen LogP contribution < -0.4 is 10.6 Å². The van der Waals surface area contributed by atoms with Crippen molar-refractivity contribution in [2.45, 2.75) is 26.2 Å². The number of nitrogen functional groups attached to an aromatic ring is 1. The minimum Gasteiger partial charge on any atom is -0.390 e. The predicted octanol–water partition coefficient (Wildman–Crippen LogP) is 1.28. The molecule has 1 atom stereocenters. The van der Waals surface area contributed by atoms with E-state index in [1.54, 1.807) is 0 Å². The summed E-state index contributed by atoms with van der Waals surface area (Å²) < 4.78 is 5.20. The summed E-state index contributed by atoms with van der Waals surface area (Å²) in [6, 6.07) is 0.717. The molecule has 1 saturated heterocycles. The smallest absolute Gasteiger partial charge is 0.319 e. The lowest BCUT2D eigenvalue weighted by atomic mass is 10.0. The molecule has 0 saturated carbocycles. The van der Waals surface area contributed by atoms with Gasteiger partial charge in [-0.05, 0) is 25.2 Å². The third-order valence-corrected chi connectivity index (χ3v) is 2.72. The molecular formula is C9H16N4O. The van der Waals surface area contributed by atoms with Crippen LogP contribution in [-0.2, 0) is 0 Å². The number of rotatable bonds is 1. The van der Waals surface area contributed by atoms with Crippen molar-refractivity contribution in [2.24, 2.45) is 5.92 Å². The van der Waals surface area contributed by atoms with Crippen molar-refractivity contribution in [1.29, 1.82) is 0 Å². The zero-order chi connectivity index (χ0) is 9.97. The summed E-state index contributed by atoms with van der Waals surface area (Å²) in [4.78, 5) is 2.12. The highest BCUT2D eigenvalue weighted by Crippen LogP contribution is 2.21. The fraction of sp³-hybridized carbons (Fsp3) is 0.778. The molecule has 0 amide bonds. The largest absolute Gasteiger partial charge is 0.390 e. The Morgan fingerprint density at radius 2 is 2.21 bits per heavy atom. The Bertz CT molecular complexity index is 299. The summed E-state index contributed by atoms with van der Waals surface area (Å²) in [7, 11) is 0. The maximum absolute atomic E-state index is 5.38. The molecule has 1 fully saturated rings. The van der Waals surface area contributed by atoms with Gasteiger partial charge in [-0.1, -0.05) is 17.1 Å². The molecule has 0 bridgehead atoms. The summed E-state index contributed by atoms with van der Waals surface area (Å²) >= 11 is 0. The monoisotopic (exact) mass is 196 g/mol. The molecule has 5 nitrogen and oxygen atoms in total. The van der Waals surface area contributed by atoms with Crippen molar-refractivity contribution in [3.63, 3.8) is 0 Å². The molecule has 5 heteroatoms. The van der Waals surface area contributed by atoms with Gasteiger partial charge in [-0.3, -0.25) is 0 Å². The van der Waals surface area contributed by atoms with E-state index in [0.29, 0.717) is 6.01 Å². The third kappa shape index (κ3) is 1.97. The Hall–Kier alpha value is -1.26. The lowest BCUT2D eigenvalue weighted by Gasteiger charge is -2.16. The second kappa shape index (κ2) is 3.86. The molecule has 0 radical (unpaired) electrons. The van der Waals surface area contributed by atoms with Gasteiger partial charge in [0.1, 0.15) is 0 Å². The Morgan fingerprint density at radius 1 is 1.36 bits per heavy atom. The number of hydrogen-bond donors (Lipinski definition) is 1. The van der Waals surface area contributed by atoms with E-state index >= 15 is 0 Å². The number of nitrogens with two attached hydrogens (primary N) is 1. The molecule has 0 aromatic carbocycles. The Morgan fingerprint density at radius 3 is 2.93 bits per heavy atom. The minimum absolute atomic E-state index is 0.150. The second-order valence-electron chi connectivity index (χ2n) is 3.95. The van der Waals surface area contributed by atoms with Gasteiger partial charge in [0.15, 0.2) is 0 Å². The average Bonchev–Trinajstić information content (AvgIpc) is 2.46. The van der Waals surface area contributed by atoms with E-state index in [-0.39, 0.29) is 6.01 Å². The lowest BCUT2D eigenvalue weighted by Crippen LogP contribution is -2.24. The summed E-state index contributed by atoms with van der Waals surface area (Å²) in [6.07, 6.45) is 3.64. The summed E-state index contributed by atoms with van der Waals surface area (Å²) in [5, 5.41) is 7.55. The number of hydrogen-bond acceptors (Lipinski definition) is 5. The van der Waals surface area contributed by atoms with Crippen LogP contribution in [0.4, 0.5) is 12.0 Å². The number of anilines is 2. The van der Waals surface area contributed by atoms with Gasteiger partial charge in [0.25, 0.3) is 0 Å². The van der Waals surface area contributed by atoms with Gasteiger partial charge in [-0.25, -0.2) is 0 Å². The lowest BCUT2D eigenvalue weighted by molar-refractivity contribution is 0.516. The zero-order valence-corrected chi connectivity index (χ0v) is 8.44. The quantitative estimate of drug-likeness (QED) is 0.732. The van der Waals surface area contributed by atoms with E-state index < -0.39 is 0 Å². The first-order valence-corrected chi connectivity index (χ1v) is 5.09. The van der Waals surface area contributed by atoms with Crippen LogP contribution in [0.5, 0.6) is 0 Å². The van der Waals surface area contributed by atoms with Gasteiger partial charge >= 0.3 is 12.0 Å². The molecule has 78 valence electrons. The first kappa shape index (κ1) is 9.30. The van der Waals surface area contributed by atoms with Crippen molar-refractivity contribution in [3.05, 3.63) is 0 Å². The second-order valence-corrected chi connectivity index (χ2v) is 3.95. The van der Waals surface area contributed by atoms with Crippen molar-refractivity contribution in [3.8, 4) is 0 Å². The summed E-state index contributed by atoms with van der Waals surface area (Å²) in [6.45, 7) is 4.26. The maximum atomic E-state index is 5.38. The van der Waals surface area contributed by atoms with Gasteiger partial charge in [-0.2, -0.15) is 0 Å². The van der Waals surface area contributed by atoms with E-state index in [1.807, 2.05) is 0 Å². The molecule has 2 N–H and O–H groups in total. The van der Waals surface area contributed by atoms with Gasteiger partial charge < -0.3 is 15.1 Å². The first-order chi connectivity index (χ1) is 6.75. The molecule has 1 aliphatic heterocycles. The topological polar surface area (TPSA) is 68.2 Å². The highest BCUT2D eigenvalue weighted by molar-refractivity contribution is 5.27. The van der Waals surface area contributed by atoms with Crippen molar-refractivity contribution in [2.75, 3.05) is 23.7 Å². The van der Waals surface area contributed by atoms with E-state index in [0.717, 1.165) is 19.0 Å². The predicted molar refractivity (Wildman–Crippen MR) is 53.9 cm³/mol. The van der Waals surface area contributed by atoms with Crippen LogP contribution in [0.2, 0.25) is 0 Å². The molecule has 14 heavy (non-hydrogen) atoms. The zero-order valence-electron chi connectivity index (χ0n) is 8.44. The van der Waals surface area contributed by atoms with Gasteiger partial charge in [-0.15, -0.1) is 0 Å². The number of nitrogens with zero attached hydrogens (tertiary/aromatic N) is 3. The average molecular weight is 196 g/mol. The van der Waals surface area contributed by atoms with Gasteiger partial charge in [0.05, 0.1) is 0 Å². The maximum Gasteiger partial charge on any atom is 0.319 e.